The third-order valence-electron chi connectivity index (χ3n) is 2.94. The van der Waals surface area contributed by atoms with E-state index in [4.69, 9.17) is 4.74 Å². The molecule has 96 valence electrons. The Morgan fingerprint density at radius 3 is 2.38 bits per heavy atom. The molecule has 1 aliphatic heterocycles. The Morgan fingerprint density at radius 2 is 1.94 bits per heavy atom. The van der Waals surface area contributed by atoms with Crippen LogP contribution in [0.1, 0.15) is 40.0 Å². The lowest BCUT2D eigenvalue weighted by molar-refractivity contribution is -0.000745. The first kappa shape index (κ1) is 15.2. The summed E-state index contributed by atoms with van der Waals surface area (Å²) >= 11 is 0. The van der Waals surface area contributed by atoms with Gasteiger partial charge >= 0.3 is 6.09 Å². The number of ether oxygens (including phenoxy) is 1. The molecule has 5 heteroatoms. The molecule has 0 aromatic rings. The van der Waals surface area contributed by atoms with E-state index in [0.29, 0.717) is 25.9 Å². The van der Waals surface area contributed by atoms with Crippen LogP contribution in [-0.2, 0) is 4.74 Å². The SMILES string of the molecule is CCC(C)(C)OC(=O)N1CCC(O)CC1.O. The van der Waals surface area contributed by atoms with Crippen molar-refractivity contribution in [3.63, 3.8) is 0 Å². The van der Waals surface area contributed by atoms with E-state index in [2.05, 4.69) is 0 Å². The standard InChI is InChI=1S/C11H21NO3.H2O/c1-4-11(2,3)15-10(14)12-7-5-9(13)6-8-12;/h9,13H,4-8H2,1-3H3;1H2. The third-order valence-corrected chi connectivity index (χ3v) is 2.94. The van der Waals surface area contributed by atoms with Gasteiger partial charge in [-0.2, -0.15) is 0 Å². The van der Waals surface area contributed by atoms with Gasteiger partial charge in [0.2, 0.25) is 0 Å². The summed E-state index contributed by atoms with van der Waals surface area (Å²) in [5, 5.41) is 9.31. The predicted octanol–water partition coefficient (Wildman–Crippen LogP) is 0.944. The van der Waals surface area contributed by atoms with Crippen LogP contribution in [0.5, 0.6) is 0 Å². The molecule has 0 aliphatic carbocycles. The smallest absolute Gasteiger partial charge is 0.410 e. The molecular formula is C11H23NO4. The van der Waals surface area contributed by atoms with Crippen molar-refractivity contribution in [2.24, 2.45) is 0 Å². The zero-order chi connectivity index (χ0) is 11.5. The molecule has 0 spiro atoms. The molecule has 1 fully saturated rings. The highest BCUT2D eigenvalue weighted by Gasteiger charge is 2.27. The molecule has 3 N–H and O–H groups in total. The number of nitrogens with zero attached hydrogens (tertiary/aromatic N) is 1. The summed E-state index contributed by atoms with van der Waals surface area (Å²) in [5.74, 6) is 0. The minimum absolute atomic E-state index is 0. The van der Waals surface area contributed by atoms with Crippen LogP contribution in [0, 0.1) is 0 Å². The van der Waals surface area contributed by atoms with Crippen LogP contribution < -0.4 is 0 Å². The topological polar surface area (TPSA) is 81.3 Å². The van der Waals surface area contributed by atoms with Crippen molar-refractivity contribution in [2.45, 2.75) is 51.7 Å². The molecule has 1 saturated heterocycles. The summed E-state index contributed by atoms with van der Waals surface area (Å²) in [6.45, 7) is 7.00. The van der Waals surface area contributed by atoms with E-state index in [1.54, 1.807) is 4.90 Å². The fourth-order valence-electron chi connectivity index (χ4n) is 1.42. The van der Waals surface area contributed by atoms with Crippen molar-refractivity contribution in [1.82, 2.24) is 4.90 Å². The summed E-state index contributed by atoms with van der Waals surface area (Å²) < 4.78 is 5.37. The van der Waals surface area contributed by atoms with Gasteiger partial charge in [0.15, 0.2) is 0 Å². The maximum absolute atomic E-state index is 11.7. The minimum atomic E-state index is -0.396. The van der Waals surface area contributed by atoms with Crippen LogP contribution in [0.3, 0.4) is 0 Å². The lowest BCUT2D eigenvalue weighted by Crippen LogP contribution is -2.43. The van der Waals surface area contributed by atoms with Crippen molar-refractivity contribution in [3.05, 3.63) is 0 Å². The van der Waals surface area contributed by atoms with E-state index < -0.39 is 5.60 Å². The number of hydrogen-bond donors (Lipinski definition) is 1. The zero-order valence-electron chi connectivity index (χ0n) is 10.3. The van der Waals surface area contributed by atoms with Gasteiger partial charge in [-0.3, -0.25) is 0 Å². The fraction of sp³-hybridized carbons (Fsp3) is 0.909. The van der Waals surface area contributed by atoms with Crippen LogP contribution >= 0.6 is 0 Å². The van der Waals surface area contributed by atoms with Crippen LogP contribution in [0.2, 0.25) is 0 Å². The summed E-state index contributed by atoms with van der Waals surface area (Å²) in [6.07, 6.45) is 1.60. The number of hydrogen-bond acceptors (Lipinski definition) is 3. The maximum atomic E-state index is 11.7. The highest BCUT2D eigenvalue weighted by Crippen LogP contribution is 2.17. The van der Waals surface area contributed by atoms with Crippen molar-refractivity contribution in [2.75, 3.05) is 13.1 Å². The molecule has 0 bridgehead atoms. The number of amides is 1. The Bertz CT molecular complexity index is 222. The van der Waals surface area contributed by atoms with Gasteiger partial charge < -0.3 is 20.2 Å². The second-order valence-corrected chi connectivity index (χ2v) is 4.70. The number of likely N-dealkylation sites (tertiary alicyclic amines) is 1. The Labute approximate surface area is 96.7 Å². The van der Waals surface area contributed by atoms with E-state index >= 15 is 0 Å². The predicted molar refractivity (Wildman–Crippen MR) is 61.3 cm³/mol. The minimum Gasteiger partial charge on any atom is -0.443 e. The van der Waals surface area contributed by atoms with E-state index in [0.717, 1.165) is 6.42 Å². The molecule has 0 atom stereocenters. The molecule has 16 heavy (non-hydrogen) atoms. The van der Waals surface area contributed by atoms with Crippen LogP contribution in [0.25, 0.3) is 0 Å². The van der Waals surface area contributed by atoms with Crippen LogP contribution in [0.4, 0.5) is 4.79 Å². The number of aliphatic hydroxyl groups is 1. The van der Waals surface area contributed by atoms with Crippen molar-refractivity contribution < 1.29 is 20.1 Å². The highest BCUT2D eigenvalue weighted by molar-refractivity contribution is 5.68. The first-order valence-electron chi connectivity index (χ1n) is 5.60. The van der Waals surface area contributed by atoms with E-state index in [1.165, 1.54) is 0 Å². The number of rotatable bonds is 2. The van der Waals surface area contributed by atoms with Crippen LogP contribution in [0.15, 0.2) is 0 Å². The Morgan fingerprint density at radius 1 is 1.44 bits per heavy atom. The molecule has 0 aromatic carbocycles. The highest BCUT2D eigenvalue weighted by atomic mass is 16.6. The molecular weight excluding hydrogens is 210 g/mol. The molecule has 0 saturated carbocycles. The van der Waals surface area contributed by atoms with Crippen LogP contribution in [-0.4, -0.2) is 46.4 Å². The van der Waals surface area contributed by atoms with E-state index in [1.807, 2.05) is 20.8 Å². The normalized spacial score (nSPS) is 17.9. The molecule has 0 aromatic heterocycles. The number of carbonyl (C=O) groups is 1. The number of piperidine rings is 1. The lowest BCUT2D eigenvalue weighted by atomic mass is 10.1. The van der Waals surface area contributed by atoms with Gasteiger partial charge in [-0.25, -0.2) is 4.79 Å². The van der Waals surface area contributed by atoms with Crippen molar-refractivity contribution in [1.29, 1.82) is 0 Å². The van der Waals surface area contributed by atoms with Gasteiger partial charge in [0.05, 0.1) is 6.10 Å². The summed E-state index contributed by atoms with van der Waals surface area (Å²) in [5.41, 5.74) is -0.396. The van der Waals surface area contributed by atoms with Gasteiger partial charge in [-0.1, -0.05) is 6.92 Å². The average Bonchev–Trinajstić information content (AvgIpc) is 2.18. The largest absolute Gasteiger partial charge is 0.443 e. The average molecular weight is 233 g/mol. The van der Waals surface area contributed by atoms with Gasteiger partial charge in [0, 0.05) is 13.1 Å². The second-order valence-electron chi connectivity index (χ2n) is 4.70. The Balaban J connectivity index is 0.00000225. The second kappa shape index (κ2) is 6.06. The summed E-state index contributed by atoms with van der Waals surface area (Å²) in [6, 6.07) is 0. The molecule has 0 unspecified atom stereocenters. The third kappa shape index (κ3) is 4.37. The zero-order valence-corrected chi connectivity index (χ0v) is 10.3. The van der Waals surface area contributed by atoms with E-state index in [9.17, 15) is 9.90 Å². The molecule has 1 amide bonds. The van der Waals surface area contributed by atoms with Gasteiger partial charge in [-0.05, 0) is 33.1 Å². The van der Waals surface area contributed by atoms with Crippen molar-refractivity contribution >= 4 is 6.09 Å². The van der Waals surface area contributed by atoms with Gasteiger partial charge in [0.25, 0.3) is 0 Å². The molecule has 1 heterocycles. The summed E-state index contributed by atoms with van der Waals surface area (Å²) in [7, 11) is 0. The maximum Gasteiger partial charge on any atom is 0.410 e. The van der Waals surface area contributed by atoms with Gasteiger partial charge in [0.1, 0.15) is 5.60 Å². The van der Waals surface area contributed by atoms with E-state index in [-0.39, 0.29) is 17.7 Å². The fourth-order valence-corrected chi connectivity index (χ4v) is 1.42. The molecule has 0 radical (unpaired) electrons. The molecule has 1 aliphatic rings. The quantitative estimate of drug-likeness (QED) is 0.770. The number of carbonyl (C=O) groups excluding carboxylic acids is 1. The van der Waals surface area contributed by atoms with Gasteiger partial charge in [-0.15, -0.1) is 0 Å². The first-order chi connectivity index (χ1) is 6.94. The lowest BCUT2D eigenvalue weighted by Gasteiger charge is -2.32. The Hall–Kier alpha value is -0.810. The summed E-state index contributed by atoms with van der Waals surface area (Å²) in [4.78, 5) is 13.4. The Kier molecular flexibility index (Phi) is 5.75. The monoisotopic (exact) mass is 233 g/mol. The number of aliphatic hydroxyl groups excluding tert-OH is 1. The van der Waals surface area contributed by atoms with Crippen molar-refractivity contribution in [3.8, 4) is 0 Å². The molecule has 1 rings (SSSR count). The molecule has 5 nitrogen and oxygen atoms in total. The first-order valence-corrected chi connectivity index (χ1v) is 5.60.